The van der Waals surface area contributed by atoms with Gasteiger partial charge in [0.1, 0.15) is 0 Å². The molecule has 0 aromatic heterocycles. The number of imide groups is 1. The number of carbonyl (C=O) groups excluding carboxylic acids is 2. The molecule has 1 aromatic rings. The SMILES string of the molecule is O=C1[C@@H]2[C@H](C(=O)N1c1ccccc1)[C@H]1C[C@H]2C2=C1[C@H]1CC[C@H]2C12CC2. The summed E-state index contributed by atoms with van der Waals surface area (Å²) >= 11 is 0. The van der Waals surface area contributed by atoms with Crippen LogP contribution in [0.25, 0.3) is 0 Å². The third-order valence-electron chi connectivity index (χ3n) is 8.63. The van der Waals surface area contributed by atoms with Gasteiger partial charge in [0.05, 0.1) is 17.5 Å². The zero-order valence-corrected chi connectivity index (χ0v) is 14.2. The van der Waals surface area contributed by atoms with Crippen molar-refractivity contribution >= 4 is 17.5 Å². The first kappa shape index (κ1) is 13.3. The molecule has 1 aliphatic heterocycles. The van der Waals surface area contributed by atoms with E-state index in [1.54, 1.807) is 11.1 Å². The molecule has 1 aromatic carbocycles. The van der Waals surface area contributed by atoms with Crippen LogP contribution in [-0.4, -0.2) is 11.8 Å². The van der Waals surface area contributed by atoms with Crippen molar-refractivity contribution in [3.63, 3.8) is 0 Å². The van der Waals surface area contributed by atoms with Gasteiger partial charge >= 0.3 is 0 Å². The van der Waals surface area contributed by atoms with Gasteiger partial charge in [0.15, 0.2) is 0 Å². The van der Waals surface area contributed by atoms with E-state index in [2.05, 4.69) is 0 Å². The number of allylic oxidation sites excluding steroid dienone is 2. The monoisotopic (exact) mass is 331 g/mol. The summed E-state index contributed by atoms with van der Waals surface area (Å²) in [6, 6.07) is 9.54. The van der Waals surface area contributed by atoms with Crippen LogP contribution < -0.4 is 4.90 Å². The quantitative estimate of drug-likeness (QED) is 0.583. The predicted octanol–water partition coefficient (Wildman–Crippen LogP) is 3.56. The van der Waals surface area contributed by atoms with Crippen LogP contribution in [0.5, 0.6) is 0 Å². The average molecular weight is 331 g/mol. The van der Waals surface area contributed by atoms with Gasteiger partial charge in [-0.25, -0.2) is 0 Å². The fourth-order valence-corrected chi connectivity index (χ4v) is 7.87. The van der Waals surface area contributed by atoms with Crippen LogP contribution in [0.2, 0.25) is 0 Å². The van der Waals surface area contributed by atoms with Crippen LogP contribution in [-0.2, 0) is 9.59 Å². The number of hydrogen-bond acceptors (Lipinski definition) is 2. The molecule has 2 amide bonds. The molecule has 0 N–H and O–H groups in total. The summed E-state index contributed by atoms with van der Waals surface area (Å²) in [7, 11) is 0. The van der Waals surface area contributed by atoms with Crippen molar-refractivity contribution < 1.29 is 9.59 Å². The van der Waals surface area contributed by atoms with E-state index in [0.29, 0.717) is 17.3 Å². The van der Waals surface area contributed by atoms with Crippen LogP contribution in [0.1, 0.15) is 32.1 Å². The second-order valence-electron chi connectivity index (χ2n) is 9.17. The first-order valence-corrected chi connectivity index (χ1v) is 9.89. The molecule has 7 rings (SSSR count). The van der Waals surface area contributed by atoms with Crippen molar-refractivity contribution in [2.75, 3.05) is 4.90 Å². The van der Waals surface area contributed by atoms with E-state index in [1.165, 1.54) is 30.6 Å². The lowest BCUT2D eigenvalue weighted by Crippen LogP contribution is -2.33. The topological polar surface area (TPSA) is 37.4 Å². The zero-order chi connectivity index (χ0) is 16.5. The maximum Gasteiger partial charge on any atom is 0.238 e. The van der Waals surface area contributed by atoms with E-state index >= 15 is 0 Å². The van der Waals surface area contributed by atoms with E-state index in [-0.39, 0.29) is 23.7 Å². The van der Waals surface area contributed by atoms with E-state index < -0.39 is 0 Å². The Morgan fingerprint density at radius 2 is 1.40 bits per heavy atom. The summed E-state index contributed by atoms with van der Waals surface area (Å²) in [6.45, 7) is 0. The van der Waals surface area contributed by atoms with Crippen LogP contribution in [0, 0.1) is 40.9 Å². The van der Waals surface area contributed by atoms with E-state index in [4.69, 9.17) is 0 Å². The Labute approximate surface area is 147 Å². The predicted molar refractivity (Wildman–Crippen MR) is 92.4 cm³/mol. The highest BCUT2D eigenvalue weighted by Crippen LogP contribution is 2.79. The summed E-state index contributed by atoms with van der Waals surface area (Å²) in [5.41, 5.74) is 4.70. The largest absolute Gasteiger partial charge is 0.274 e. The third-order valence-corrected chi connectivity index (χ3v) is 8.63. The third kappa shape index (κ3) is 1.26. The van der Waals surface area contributed by atoms with Crippen LogP contribution >= 0.6 is 0 Å². The molecular weight excluding hydrogens is 310 g/mol. The molecule has 1 spiro atoms. The molecule has 6 atom stereocenters. The molecule has 5 aliphatic carbocycles. The second kappa shape index (κ2) is 3.92. The number of fused-ring (bicyclic) bond motifs is 9. The highest BCUT2D eigenvalue weighted by molar-refractivity contribution is 6.23. The minimum atomic E-state index is -0.0633. The first-order chi connectivity index (χ1) is 12.2. The molecule has 0 radical (unpaired) electrons. The van der Waals surface area contributed by atoms with Gasteiger partial charge in [-0.05, 0) is 73.3 Å². The fourth-order valence-electron chi connectivity index (χ4n) is 7.87. The molecular formula is C22H21NO2. The van der Waals surface area contributed by atoms with E-state index in [0.717, 1.165) is 23.9 Å². The van der Waals surface area contributed by atoms with Gasteiger partial charge in [-0.15, -0.1) is 0 Å². The van der Waals surface area contributed by atoms with Gasteiger partial charge in [-0.2, -0.15) is 0 Å². The van der Waals surface area contributed by atoms with Crippen molar-refractivity contribution in [3.8, 4) is 0 Å². The Morgan fingerprint density at radius 3 is 1.92 bits per heavy atom. The van der Waals surface area contributed by atoms with Crippen molar-refractivity contribution in [2.45, 2.75) is 32.1 Å². The molecule has 1 saturated heterocycles. The highest BCUT2D eigenvalue weighted by atomic mass is 16.2. The van der Waals surface area contributed by atoms with Gasteiger partial charge < -0.3 is 0 Å². The lowest BCUT2D eigenvalue weighted by Gasteiger charge is -2.29. The summed E-state index contributed by atoms with van der Waals surface area (Å²) in [5.74, 6) is 2.30. The number of para-hydroxylation sites is 1. The number of rotatable bonds is 1. The summed E-state index contributed by atoms with van der Waals surface area (Å²) in [4.78, 5) is 28.0. The smallest absolute Gasteiger partial charge is 0.238 e. The van der Waals surface area contributed by atoms with Crippen LogP contribution in [0.4, 0.5) is 5.69 Å². The number of amides is 2. The maximum absolute atomic E-state index is 13.2. The van der Waals surface area contributed by atoms with Gasteiger partial charge in [0.25, 0.3) is 0 Å². The molecule has 25 heavy (non-hydrogen) atoms. The molecule has 0 unspecified atom stereocenters. The fraction of sp³-hybridized carbons (Fsp3) is 0.545. The number of anilines is 1. The molecule has 6 aliphatic rings. The number of nitrogens with zero attached hydrogens (tertiary/aromatic N) is 1. The molecule has 4 fully saturated rings. The van der Waals surface area contributed by atoms with Crippen molar-refractivity contribution in [2.24, 2.45) is 40.9 Å². The number of hydrogen-bond donors (Lipinski definition) is 0. The zero-order valence-electron chi connectivity index (χ0n) is 14.2. The van der Waals surface area contributed by atoms with E-state index in [1.807, 2.05) is 30.3 Å². The Hall–Kier alpha value is -1.90. The molecule has 126 valence electrons. The summed E-state index contributed by atoms with van der Waals surface area (Å²) in [5, 5.41) is 0. The Balaban J connectivity index is 1.33. The minimum Gasteiger partial charge on any atom is -0.274 e. The number of benzene rings is 1. The number of carbonyl (C=O) groups is 2. The standard InChI is InChI=1S/C22H21NO2/c24-20-18-12-10-13(17-15-7-6-14(16(12)17)22(15)8-9-22)19(18)21(25)23(20)11-4-2-1-3-5-11/h1-5,12-15,18-19H,6-10H2/t12-,13-,14+,15+,18-,19+/m0/s1. The lowest BCUT2D eigenvalue weighted by molar-refractivity contribution is -0.123. The van der Waals surface area contributed by atoms with Crippen LogP contribution in [0.15, 0.2) is 41.5 Å². The summed E-state index contributed by atoms with van der Waals surface area (Å²) in [6.07, 6.45) is 6.55. The van der Waals surface area contributed by atoms with Crippen molar-refractivity contribution in [1.29, 1.82) is 0 Å². The van der Waals surface area contributed by atoms with Gasteiger partial charge in [0, 0.05) is 0 Å². The highest BCUT2D eigenvalue weighted by Gasteiger charge is 2.73. The molecule has 3 heteroatoms. The van der Waals surface area contributed by atoms with Gasteiger partial charge in [0.2, 0.25) is 11.8 Å². The average Bonchev–Trinajstić information content (AvgIpc) is 2.88. The normalized spacial score (nSPS) is 44.2. The first-order valence-electron chi connectivity index (χ1n) is 9.89. The van der Waals surface area contributed by atoms with Crippen molar-refractivity contribution in [3.05, 3.63) is 41.5 Å². The van der Waals surface area contributed by atoms with E-state index in [9.17, 15) is 9.59 Å². The second-order valence-corrected chi connectivity index (χ2v) is 9.17. The van der Waals surface area contributed by atoms with Crippen molar-refractivity contribution in [1.82, 2.24) is 0 Å². The maximum atomic E-state index is 13.2. The summed E-state index contributed by atoms with van der Waals surface area (Å²) < 4.78 is 0. The molecule has 4 bridgehead atoms. The Kier molecular flexibility index (Phi) is 2.09. The molecule has 1 heterocycles. The Morgan fingerprint density at radius 1 is 0.840 bits per heavy atom. The minimum absolute atomic E-state index is 0.0633. The van der Waals surface area contributed by atoms with Gasteiger partial charge in [-0.1, -0.05) is 29.3 Å². The van der Waals surface area contributed by atoms with Crippen LogP contribution in [0.3, 0.4) is 0 Å². The molecule has 3 saturated carbocycles. The van der Waals surface area contributed by atoms with Gasteiger partial charge in [-0.3, -0.25) is 14.5 Å². The molecule has 3 nitrogen and oxygen atoms in total. The lowest BCUT2D eigenvalue weighted by atomic mass is 9.72. The Bertz CT molecular complexity index is 833.